The number of rotatable bonds is 7. The van der Waals surface area contributed by atoms with E-state index in [1.807, 2.05) is 48.5 Å². The van der Waals surface area contributed by atoms with Crippen LogP contribution in [0.2, 0.25) is 0 Å². The third-order valence-corrected chi connectivity index (χ3v) is 3.98. The van der Waals surface area contributed by atoms with Gasteiger partial charge in [-0.15, -0.1) is 0 Å². The summed E-state index contributed by atoms with van der Waals surface area (Å²) in [5, 5.41) is 3.11. The highest BCUT2D eigenvalue weighted by molar-refractivity contribution is 5.92. The third-order valence-electron chi connectivity index (χ3n) is 3.98. The van der Waals surface area contributed by atoms with Crippen molar-refractivity contribution in [2.24, 2.45) is 10.7 Å². The molecule has 3 aromatic carbocycles. The van der Waals surface area contributed by atoms with Crippen molar-refractivity contribution in [3.63, 3.8) is 0 Å². The molecule has 0 spiro atoms. The van der Waals surface area contributed by atoms with Gasteiger partial charge in [-0.3, -0.25) is 0 Å². The summed E-state index contributed by atoms with van der Waals surface area (Å²) in [5.41, 5.74) is 8.87. The zero-order valence-corrected chi connectivity index (χ0v) is 15.6. The Hall–Kier alpha value is -3.38. The smallest absolute Gasteiger partial charge is 0.193 e. The molecule has 0 heterocycles. The summed E-state index contributed by atoms with van der Waals surface area (Å²) in [6.45, 7) is 0.925. The molecule has 0 aliphatic rings. The molecule has 0 saturated carbocycles. The molecule has 0 radical (unpaired) electrons. The molecule has 6 heteroatoms. The number of nitrogens with zero attached hydrogens (tertiary/aromatic N) is 1. The Morgan fingerprint density at radius 1 is 0.964 bits per heavy atom. The molecule has 0 aliphatic carbocycles. The Morgan fingerprint density at radius 2 is 1.61 bits per heavy atom. The van der Waals surface area contributed by atoms with Gasteiger partial charge in [-0.1, -0.05) is 30.3 Å². The number of halogens is 1. The van der Waals surface area contributed by atoms with Gasteiger partial charge >= 0.3 is 0 Å². The fourth-order valence-corrected chi connectivity index (χ4v) is 2.58. The van der Waals surface area contributed by atoms with Crippen molar-refractivity contribution in [3.8, 4) is 11.5 Å². The second kappa shape index (κ2) is 9.53. The lowest BCUT2D eigenvalue weighted by molar-refractivity contribution is 0.185. The number of hydrogen-bond acceptors (Lipinski definition) is 3. The Labute approximate surface area is 163 Å². The minimum Gasteiger partial charge on any atom is -0.457 e. The quantitative estimate of drug-likeness (QED) is 0.462. The van der Waals surface area contributed by atoms with E-state index in [-0.39, 0.29) is 5.82 Å². The molecule has 28 heavy (non-hydrogen) atoms. The van der Waals surface area contributed by atoms with Crippen molar-refractivity contribution >= 4 is 11.6 Å². The van der Waals surface area contributed by atoms with Crippen LogP contribution >= 0.6 is 0 Å². The van der Waals surface area contributed by atoms with Crippen LogP contribution in [0.15, 0.2) is 77.8 Å². The number of anilines is 1. The topological polar surface area (TPSA) is 68.9 Å². The molecule has 0 saturated heterocycles. The molecule has 144 valence electrons. The van der Waals surface area contributed by atoms with E-state index in [1.54, 1.807) is 19.2 Å². The number of benzene rings is 3. The van der Waals surface area contributed by atoms with Crippen molar-refractivity contribution < 1.29 is 13.9 Å². The van der Waals surface area contributed by atoms with Crippen LogP contribution in [-0.4, -0.2) is 13.1 Å². The number of guanidine groups is 1. The number of aliphatic imine (C=N–C) groups is 1. The van der Waals surface area contributed by atoms with E-state index in [0.29, 0.717) is 30.6 Å². The maximum atomic E-state index is 12.9. The van der Waals surface area contributed by atoms with Gasteiger partial charge in [0, 0.05) is 18.4 Å². The predicted molar refractivity (Wildman–Crippen MR) is 109 cm³/mol. The molecule has 3 rings (SSSR count). The van der Waals surface area contributed by atoms with Crippen molar-refractivity contribution in [2.45, 2.75) is 13.2 Å². The normalized spacial score (nSPS) is 11.3. The van der Waals surface area contributed by atoms with Crippen molar-refractivity contribution in [1.29, 1.82) is 0 Å². The van der Waals surface area contributed by atoms with Gasteiger partial charge in [0.25, 0.3) is 0 Å². The molecule has 0 atom stereocenters. The summed E-state index contributed by atoms with van der Waals surface area (Å²) in [4.78, 5) is 4.37. The van der Waals surface area contributed by atoms with Crippen molar-refractivity contribution in [2.75, 3.05) is 12.4 Å². The third kappa shape index (κ3) is 5.56. The fraction of sp³-hybridized carbons (Fsp3) is 0.136. The average Bonchev–Trinajstić information content (AvgIpc) is 2.71. The van der Waals surface area contributed by atoms with Crippen LogP contribution < -0.4 is 15.8 Å². The molecule has 0 bridgehead atoms. The van der Waals surface area contributed by atoms with E-state index in [9.17, 15) is 4.39 Å². The highest BCUT2D eigenvalue weighted by Gasteiger charge is 2.03. The van der Waals surface area contributed by atoms with Gasteiger partial charge in [-0.05, 0) is 48.0 Å². The van der Waals surface area contributed by atoms with Gasteiger partial charge in [0.15, 0.2) is 5.96 Å². The van der Waals surface area contributed by atoms with Crippen LogP contribution in [0.25, 0.3) is 0 Å². The molecule has 3 N–H and O–H groups in total. The molecule has 0 amide bonds. The average molecular weight is 379 g/mol. The highest BCUT2D eigenvalue weighted by atomic mass is 19.1. The highest BCUT2D eigenvalue weighted by Crippen LogP contribution is 2.22. The first-order valence-corrected chi connectivity index (χ1v) is 8.80. The van der Waals surface area contributed by atoms with Gasteiger partial charge in [-0.2, -0.15) is 0 Å². The van der Waals surface area contributed by atoms with Crippen LogP contribution in [0.1, 0.15) is 11.1 Å². The SMILES string of the molecule is COCc1ccccc1NC(N)=NCc1ccc(Oc2ccc(F)cc2)cc1. The molecule has 0 unspecified atom stereocenters. The van der Waals surface area contributed by atoms with E-state index in [4.69, 9.17) is 15.2 Å². The second-order valence-electron chi connectivity index (χ2n) is 6.12. The van der Waals surface area contributed by atoms with E-state index >= 15 is 0 Å². The van der Waals surface area contributed by atoms with E-state index < -0.39 is 0 Å². The zero-order valence-electron chi connectivity index (χ0n) is 15.6. The lowest BCUT2D eigenvalue weighted by Crippen LogP contribution is -2.23. The number of para-hydroxylation sites is 1. The number of nitrogens with one attached hydrogen (secondary N) is 1. The Morgan fingerprint density at radius 3 is 2.29 bits per heavy atom. The first-order valence-electron chi connectivity index (χ1n) is 8.80. The van der Waals surface area contributed by atoms with Gasteiger partial charge in [0.05, 0.1) is 13.2 Å². The van der Waals surface area contributed by atoms with Crippen LogP contribution in [-0.2, 0) is 17.9 Å². The van der Waals surface area contributed by atoms with Gasteiger partial charge < -0.3 is 20.5 Å². The van der Waals surface area contributed by atoms with Gasteiger partial charge in [0.1, 0.15) is 17.3 Å². The summed E-state index contributed by atoms with van der Waals surface area (Å²) in [5.74, 6) is 1.28. The Kier molecular flexibility index (Phi) is 6.59. The molecule has 3 aromatic rings. The number of ether oxygens (including phenoxy) is 2. The van der Waals surface area contributed by atoms with Gasteiger partial charge in [0.2, 0.25) is 0 Å². The van der Waals surface area contributed by atoms with E-state index in [1.165, 1.54) is 12.1 Å². The summed E-state index contributed by atoms with van der Waals surface area (Å²) in [6.07, 6.45) is 0. The maximum Gasteiger partial charge on any atom is 0.193 e. The lowest BCUT2D eigenvalue weighted by atomic mass is 10.2. The van der Waals surface area contributed by atoms with Crippen LogP contribution in [0.4, 0.5) is 10.1 Å². The largest absolute Gasteiger partial charge is 0.457 e. The number of hydrogen-bond donors (Lipinski definition) is 2. The minimum atomic E-state index is -0.295. The molecule has 5 nitrogen and oxygen atoms in total. The van der Waals surface area contributed by atoms with Crippen LogP contribution in [0.5, 0.6) is 11.5 Å². The number of nitrogens with two attached hydrogens (primary N) is 1. The first-order chi connectivity index (χ1) is 13.6. The summed E-state index contributed by atoms with van der Waals surface area (Å²) >= 11 is 0. The first kappa shape index (κ1) is 19.4. The van der Waals surface area contributed by atoms with Crippen molar-refractivity contribution in [1.82, 2.24) is 0 Å². The van der Waals surface area contributed by atoms with Gasteiger partial charge in [-0.25, -0.2) is 9.38 Å². The second-order valence-corrected chi connectivity index (χ2v) is 6.12. The zero-order chi connectivity index (χ0) is 19.8. The number of methoxy groups -OCH3 is 1. The van der Waals surface area contributed by atoms with E-state index in [2.05, 4.69) is 10.3 Å². The molecule has 0 fully saturated rings. The van der Waals surface area contributed by atoms with Crippen LogP contribution in [0.3, 0.4) is 0 Å². The van der Waals surface area contributed by atoms with Crippen molar-refractivity contribution in [3.05, 3.63) is 89.7 Å². The maximum absolute atomic E-state index is 12.9. The standard InChI is InChI=1S/C22H22FN3O2/c1-27-15-17-4-2-3-5-21(17)26-22(24)25-14-16-6-10-19(11-7-16)28-20-12-8-18(23)9-13-20/h2-13H,14-15H2,1H3,(H3,24,25,26). The molecular weight excluding hydrogens is 357 g/mol. The summed E-state index contributed by atoms with van der Waals surface area (Å²) < 4.78 is 23.8. The molecule has 0 aromatic heterocycles. The Bertz CT molecular complexity index is 925. The lowest BCUT2D eigenvalue weighted by Gasteiger charge is -2.11. The fourth-order valence-electron chi connectivity index (χ4n) is 2.58. The van der Waals surface area contributed by atoms with E-state index in [0.717, 1.165) is 16.8 Å². The monoisotopic (exact) mass is 379 g/mol. The molecule has 0 aliphatic heterocycles. The summed E-state index contributed by atoms with van der Waals surface area (Å²) in [6, 6.07) is 21.2. The minimum absolute atomic E-state index is 0.295. The summed E-state index contributed by atoms with van der Waals surface area (Å²) in [7, 11) is 1.65. The Balaban J connectivity index is 1.58. The molecular formula is C22H22FN3O2. The predicted octanol–water partition coefficient (Wildman–Crippen LogP) is 4.69. The van der Waals surface area contributed by atoms with Crippen LogP contribution in [0, 0.1) is 5.82 Å².